The lowest BCUT2D eigenvalue weighted by atomic mass is 9.93. The van der Waals surface area contributed by atoms with E-state index in [1.807, 2.05) is 25.3 Å². The van der Waals surface area contributed by atoms with Gasteiger partial charge in [0.25, 0.3) is 0 Å². The molecule has 0 aliphatic heterocycles. The molecule has 3 N–H and O–H groups in total. The zero-order valence-electron chi connectivity index (χ0n) is 9.08. The number of rotatable bonds is 3. The molecule has 15 heavy (non-hydrogen) atoms. The smallest absolute Gasteiger partial charge is 0.103 e. The number of nitrogens with one attached hydrogen (secondary N) is 1. The van der Waals surface area contributed by atoms with Crippen molar-refractivity contribution in [1.82, 2.24) is 4.98 Å². The van der Waals surface area contributed by atoms with E-state index in [0.29, 0.717) is 6.54 Å². The Balaban J connectivity index is 2.64. The number of fused-ring (bicyclic) bond motifs is 1. The maximum Gasteiger partial charge on any atom is 0.103 e. The van der Waals surface area contributed by atoms with Crippen molar-refractivity contribution < 1.29 is 4.74 Å². The molecule has 1 atom stereocenters. The van der Waals surface area contributed by atoms with E-state index in [2.05, 4.69) is 17.1 Å². The molecule has 3 nitrogen and oxygen atoms in total. The van der Waals surface area contributed by atoms with Crippen LogP contribution >= 0.6 is 0 Å². The van der Waals surface area contributed by atoms with Gasteiger partial charge in [-0.2, -0.15) is 0 Å². The minimum atomic E-state index is -0.415. The van der Waals surface area contributed by atoms with E-state index in [1.54, 1.807) is 7.11 Å². The van der Waals surface area contributed by atoms with E-state index in [1.165, 1.54) is 5.39 Å². The van der Waals surface area contributed by atoms with Crippen LogP contribution in [0.1, 0.15) is 12.5 Å². The lowest BCUT2D eigenvalue weighted by molar-refractivity contribution is 0.0113. The quantitative estimate of drug-likeness (QED) is 0.803. The third-order valence-corrected chi connectivity index (χ3v) is 3.00. The normalized spacial score (nSPS) is 15.4. The van der Waals surface area contributed by atoms with Gasteiger partial charge in [-0.1, -0.05) is 12.1 Å². The van der Waals surface area contributed by atoms with Crippen molar-refractivity contribution in [3.8, 4) is 0 Å². The van der Waals surface area contributed by atoms with Crippen LogP contribution in [0.3, 0.4) is 0 Å². The predicted octanol–water partition coefficient (Wildman–Crippen LogP) is 1.99. The molecule has 0 spiro atoms. The number of hydrogen-bond acceptors (Lipinski definition) is 2. The summed E-state index contributed by atoms with van der Waals surface area (Å²) in [7, 11) is 1.69. The molecule has 0 bridgehead atoms. The minimum absolute atomic E-state index is 0.415. The van der Waals surface area contributed by atoms with Crippen LogP contribution in [0.4, 0.5) is 0 Å². The summed E-state index contributed by atoms with van der Waals surface area (Å²) in [5, 5.41) is 1.17. The second kappa shape index (κ2) is 3.68. The topological polar surface area (TPSA) is 51.0 Å². The van der Waals surface area contributed by atoms with Gasteiger partial charge in [0.1, 0.15) is 5.60 Å². The first-order valence-electron chi connectivity index (χ1n) is 5.03. The lowest BCUT2D eigenvalue weighted by Gasteiger charge is -2.27. The van der Waals surface area contributed by atoms with Crippen LogP contribution < -0.4 is 5.73 Å². The molecule has 0 radical (unpaired) electrons. The number of methoxy groups -OCH3 is 1. The van der Waals surface area contributed by atoms with Crippen LogP contribution in [-0.2, 0) is 10.3 Å². The summed E-state index contributed by atoms with van der Waals surface area (Å²) in [5.74, 6) is 0. The molecule has 0 aliphatic rings. The van der Waals surface area contributed by atoms with E-state index >= 15 is 0 Å². The molecule has 0 aliphatic carbocycles. The standard InChI is InChI=1S/C12H16N2O/c1-12(8-13,15-2)10-4-3-5-11-9(10)6-7-14-11/h3-7,14H,8,13H2,1-2H3. The van der Waals surface area contributed by atoms with Crippen LogP contribution in [0.5, 0.6) is 0 Å². The van der Waals surface area contributed by atoms with Crippen molar-refractivity contribution in [2.75, 3.05) is 13.7 Å². The SMILES string of the molecule is COC(C)(CN)c1cccc2[nH]ccc12. The molecule has 1 aromatic carbocycles. The summed E-state index contributed by atoms with van der Waals surface area (Å²) >= 11 is 0. The number of nitrogens with two attached hydrogens (primary N) is 1. The molecule has 0 saturated carbocycles. The Kier molecular flexibility index (Phi) is 2.50. The second-order valence-corrected chi connectivity index (χ2v) is 3.88. The largest absolute Gasteiger partial charge is 0.372 e. The number of aromatic amines is 1. The fourth-order valence-electron chi connectivity index (χ4n) is 1.85. The molecule has 3 heteroatoms. The highest BCUT2D eigenvalue weighted by atomic mass is 16.5. The van der Waals surface area contributed by atoms with Gasteiger partial charge in [-0.25, -0.2) is 0 Å². The molecule has 0 amide bonds. The molecular formula is C12H16N2O. The van der Waals surface area contributed by atoms with E-state index in [-0.39, 0.29) is 0 Å². The molecule has 1 unspecified atom stereocenters. The monoisotopic (exact) mass is 204 g/mol. The highest BCUT2D eigenvalue weighted by molar-refractivity contribution is 5.83. The van der Waals surface area contributed by atoms with Gasteiger partial charge in [0, 0.05) is 30.8 Å². The summed E-state index contributed by atoms with van der Waals surface area (Å²) < 4.78 is 5.51. The lowest BCUT2D eigenvalue weighted by Crippen LogP contribution is -2.33. The van der Waals surface area contributed by atoms with E-state index < -0.39 is 5.60 Å². The first-order valence-corrected chi connectivity index (χ1v) is 5.03. The molecule has 80 valence electrons. The second-order valence-electron chi connectivity index (χ2n) is 3.88. The van der Waals surface area contributed by atoms with E-state index in [9.17, 15) is 0 Å². The van der Waals surface area contributed by atoms with Gasteiger partial charge in [0.05, 0.1) is 0 Å². The van der Waals surface area contributed by atoms with Gasteiger partial charge in [-0.05, 0) is 24.6 Å². The Labute approximate surface area is 89.2 Å². The third kappa shape index (κ3) is 1.54. The van der Waals surface area contributed by atoms with E-state index in [0.717, 1.165) is 11.1 Å². The van der Waals surface area contributed by atoms with Gasteiger partial charge in [0.2, 0.25) is 0 Å². The van der Waals surface area contributed by atoms with Crippen molar-refractivity contribution in [3.05, 3.63) is 36.0 Å². The highest BCUT2D eigenvalue weighted by Gasteiger charge is 2.26. The molecule has 2 rings (SSSR count). The maximum atomic E-state index is 5.77. The Morgan fingerprint density at radius 3 is 2.87 bits per heavy atom. The number of aromatic nitrogens is 1. The van der Waals surface area contributed by atoms with Gasteiger partial charge in [-0.3, -0.25) is 0 Å². The van der Waals surface area contributed by atoms with Crippen LogP contribution in [0.25, 0.3) is 10.9 Å². The maximum absolute atomic E-state index is 5.77. The summed E-state index contributed by atoms with van der Waals surface area (Å²) in [6.45, 7) is 2.47. The third-order valence-electron chi connectivity index (χ3n) is 3.00. The summed E-state index contributed by atoms with van der Waals surface area (Å²) in [4.78, 5) is 3.18. The summed E-state index contributed by atoms with van der Waals surface area (Å²) in [6.07, 6.45) is 1.93. The Morgan fingerprint density at radius 1 is 1.40 bits per heavy atom. The van der Waals surface area contributed by atoms with Gasteiger partial charge in [-0.15, -0.1) is 0 Å². The molecule has 2 aromatic rings. The van der Waals surface area contributed by atoms with E-state index in [4.69, 9.17) is 10.5 Å². The van der Waals surface area contributed by atoms with Crippen LogP contribution in [-0.4, -0.2) is 18.6 Å². The minimum Gasteiger partial charge on any atom is -0.372 e. The predicted molar refractivity (Wildman–Crippen MR) is 61.7 cm³/mol. The highest BCUT2D eigenvalue weighted by Crippen LogP contribution is 2.29. The molecule has 0 fully saturated rings. The number of ether oxygens (including phenoxy) is 1. The first-order chi connectivity index (χ1) is 7.21. The van der Waals surface area contributed by atoms with Crippen molar-refractivity contribution in [2.24, 2.45) is 5.73 Å². The van der Waals surface area contributed by atoms with Gasteiger partial charge >= 0.3 is 0 Å². The fraction of sp³-hybridized carbons (Fsp3) is 0.333. The van der Waals surface area contributed by atoms with Crippen LogP contribution in [0, 0.1) is 0 Å². The number of hydrogen-bond donors (Lipinski definition) is 2. The zero-order chi connectivity index (χ0) is 10.9. The van der Waals surface area contributed by atoms with Crippen molar-refractivity contribution >= 4 is 10.9 Å². The number of H-pyrrole nitrogens is 1. The Morgan fingerprint density at radius 2 is 2.20 bits per heavy atom. The Bertz CT molecular complexity index is 457. The summed E-state index contributed by atoms with van der Waals surface area (Å²) in [6, 6.07) is 8.18. The van der Waals surface area contributed by atoms with Crippen molar-refractivity contribution in [1.29, 1.82) is 0 Å². The summed E-state index contributed by atoms with van der Waals surface area (Å²) in [5.41, 5.74) is 7.60. The molecule has 1 aromatic heterocycles. The zero-order valence-corrected chi connectivity index (χ0v) is 9.08. The average Bonchev–Trinajstić information content (AvgIpc) is 2.75. The number of benzene rings is 1. The van der Waals surface area contributed by atoms with Crippen LogP contribution in [0.2, 0.25) is 0 Å². The molecule has 0 saturated heterocycles. The Hall–Kier alpha value is -1.32. The molecular weight excluding hydrogens is 188 g/mol. The van der Waals surface area contributed by atoms with Gasteiger partial charge in [0.15, 0.2) is 0 Å². The molecule has 1 heterocycles. The van der Waals surface area contributed by atoms with Crippen LogP contribution in [0.15, 0.2) is 30.5 Å². The van der Waals surface area contributed by atoms with Crippen molar-refractivity contribution in [3.63, 3.8) is 0 Å². The van der Waals surface area contributed by atoms with Gasteiger partial charge < -0.3 is 15.5 Å². The average molecular weight is 204 g/mol. The fourth-order valence-corrected chi connectivity index (χ4v) is 1.85. The van der Waals surface area contributed by atoms with Crippen molar-refractivity contribution in [2.45, 2.75) is 12.5 Å². The first kappa shape index (κ1) is 10.2.